The Morgan fingerprint density at radius 3 is 2.49 bits per heavy atom. The number of carbonyl (C=O) groups excluding carboxylic acids is 1. The summed E-state index contributed by atoms with van der Waals surface area (Å²) in [6.07, 6.45) is 7.63. The quantitative estimate of drug-likeness (QED) is 0.313. The van der Waals surface area contributed by atoms with E-state index in [1.54, 1.807) is 24.7 Å². The van der Waals surface area contributed by atoms with Gasteiger partial charge in [-0.15, -0.1) is 0 Å². The average Bonchev–Trinajstić information content (AvgIpc) is 3.28. The van der Waals surface area contributed by atoms with Gasteiger partial charge in [-0.25, -0.2) is 14.8 Å². The van der Waals surface area contributed by atoms with Gasteiger partial charge >= 0.3 is 5.97 Å². The topological polar surface area (TPSA) is 123 Å². The van der Waals surface area contributed by atoms with Crippen LogP contribution in [-0.2, 0) is 11.2 Å². The van der Waals surface area contributed by atoms with Crippen LogP contribution < -0.4 is 5.32 Å². The van der Waals surface area contributed by atoms with Crippen LogP contribution in [0.25, 0.3) is 28.2 Å². The van der Waals surface area contributed by atoms with Crippen LogP contribution >= 0.6 is 23.2 Å². The van der Waals surface area contributed by atoms with E-state index in [2.05, 4.69) is 20.3 Å². The third-order valence-electron chi connectivity index (χ3n) is 5.63. The number of amides is 1. The Morgan fingerprint density at radius 1 is 0.973 bits per heavy atom. The molecule has 4 heterocycles. The number of benzene rings is 1. The number of hydrogen-bond acceptors (Lipinski definition) is 6. The minimum absolute atomic E-state index is 0.0114. The molecular weight excluding hydrogens is 515 g/mol. The molecule has 1 amide bonds. The van der Waals surface area contributed by atoms with Gasteiger partial charge in [-0.2, -0.15) is 0 Å². The summed E-state index contributed by atoms with van der Waals surface area (Å²) in [5, 5.41) is 12.4. The van der Waals surface area contributed by atoms with Gasteiger partial charge in [0.2, 0.25) is 0 Å². The Kier molecular flexibility index (Phi) is 6.80. The monoisotopic (exact) mass is 532 g/mol. The van der Waals surface area contributed by atoms with E-state index >= 15 is 0 Å². The highest BCUT2D eigenvalue weighted by Gasteiger charge is 2.24. The molecule has 0 spiro atoms. The number of aromatic nitrogens is 5. The third-order valence-corrected chi connectivity index (χ3v) is 6.20. The van der Waals surface area contributed by atoms with E-state index in [-0.39, 0.29) is 22.0 Å². The lowest BCUT2D eigenvalue weighted by Crippen LogP contribution is -2.42. The molecule has 0 aliphatic rings. The fourth-order valence-corrected chi connectivity index (χ4v) is 4.50. The van der Waals surface area contributed by atoms with Crippen LogP contribution in [0.2, 0.25) is 10.0 Å². The second-order valence-corrected chi connectivity index (χ2v) is 8.89. The Labute approximate surface area is 220 Å². The second-order valence-electron chi connectivity index (χ2n) is 8.08. The summed E-state index contributed by atoms with van der Waals surface area (Å²) in [4.78, 5) is 42.1. The molecule has 0 bridgehead atoms. The van der Waals surface area contributed by atoms with Crippen LogP contribution in [0.4, 0.5) is 0 Å². The van der Waals surface area contributed by atoms with Crippen molar-refractivity contribution in [3.05, 3.63) is 101 Å². The molecule has 0 saturated carbocycles. The molecule has 2 N–H and O–H groups in total. The predicted molar refractivity (Wildman–Crippen MR) is 139 cm³/mol. The van der Waals surface area contributed by atoms with Gasteiger partial charge in [0.1, 0.15) is 17.4 Å². The number of carbonyl (C=O) groups is 2. The predicted octanol–water partition coefficient (Wildman–Crippen LogP) is 4.61. The first-order valence-corrected chi connectivity index (χ1v) is 11.8. The molecule has 0 saturated heterocycles. The van der Waals surface area contributed by atoms with Crippen LogP contribution in [-0.4, -0.2) is 47.5 Å². The minimum Gasteiger partial charge on any atom is -0.480 e. The summed E-state index contributed by atoms with van der Waals surface area (Å²) in [5.41, 5.74) is 3.51. The lowest BCUT2D eigenvalue weighted by Gasteiger charge is -2.17. The largest absolute Gasteiger partial charge is 0.480 e. The van der Waals surface area contributed by atoms with E-state index < -0.39 is 17.9 Å². The maximum Gasteiger partial charge on any atom is 0.326 e. The number of nitrogens with zero attached hydrogens (tertiary/aromatic N) is 5. The van der Waals surface area contributed by atoms with Gasteiger partial charge in [-0.3, -0.25) is 19.3 Å². The molecule has 1 atom stereocenters. The van der Waals surface area contributed by atoms with Gasteiger partial charge in [0.15, 0.2) is 5.65 Å². The highest BCUT2D eigenvalue weighted by molar-refractivity contribution is 6.39. The third kappa shape index (κ3) is 5.00. The second kappa shape index (κ2) is 10.3. The molecule has 0 aliphatic heterocycles. The molecule has 1 aromatic carbocycles. The van der Waals surface area contributed by atoms with E-state index in [1.807, 2.05) is 47.0 Å². The van der Waals surface area contributed by atoms with Crippen LogP contribution in [0.3, 0.4) is 0 Å². The molecule has 4 aromatic heterocycles. The average molecular weight is 533 g/mol. The van der Waals surface area contributed by atoms with Crippen molar-refractivity contribution < 1.29 is 14.7 Å². The SMILES string of the molecule is O=C(N[C@@H](Cc1cccc(-n2c(-c3cccnc3)nc3cccnc32)c1)C(=O)O)c1c(Cl)cncc1Cl. The van der Waals surface area contributed by atoms with Crippen LogP contribution in [0, 0.1) is 0 Å². The van der Waals surface area contributed by atoms with Crippen molar-refractivity contribution in [2.24, 2.45) is 0 Å². The molecule has 184 valence electrons. The number of imidazole rings is 1. The number of nitrogens with one attached hydrogen (secondary N) is 1. The zero-order valence-corrected chi connectivity index (χ0v) is 20.6. The Morgan fingerprint density at radius 2 is 1.76 bits per heavy atom. The molecule has 0 aliphatic carbocycles. The number of hydrogen-bond donors (Lipinski definition) is 2. The molecular formula is C26H18Cl2N6O3. The van der Waals surface area contributed by atoms with Gasteiger partial charge in [0.05, 0.1) is 15.6 Å². The highest BCUT2D eigenvalue weighted by atomic mass is 35.5. The number of halogens is 2. The van der Waals surface area contributed by atoms with Crippen LogP contribution in [0.15, 0.2) is 79.5 Å². The summed E-state index contributed by atoms with van der Waals surface area (Å²) in [7, 11) is 0. The number of carboxylic acid groups (broad SMARTS) is 1. The van der Waals surface area contributed by atoms with Crippen molar-refractivity contribution in [3.63, 3.8) is 0 Å². The number of carboxylic acids is 1. The van der Waals surface area contributed by atoms with Crippen molar-refractivity contribution in [1.82, 2.24) is 29.8 Å². The van der Waals surface area contributed by atoms with Gasteiger partial charge < -0.3 is 10.4 Å². The molecule has 5 rings (SSSR count). The zero-order chi connectivity index (χ0) is 25.9. The number of fused-ring (bicyclic) bond motifs is 1. The normalized spacial score (nSPS) is 11.8. The van der Waals surface area contributed by atoms with E-state index in [9.17, 15) is 14.7 Å². The lowest BCUT2D eigenvalue weighted by atomic mass is 10.0. The van der Waals surface area contributed by atoms with E-state index in [4.69, 9.17) is 28.2 Å². The minimum atomic E-state index is -1.24. The Bertz CT molecular complexity index is 1600. The standard InChI is InChI=1S/C26H18Cl2N6O3/c27-18-13-30-14-19(28)22(18)25(35)33-21(26(36)37)11-15-4-1-6-17(10-15)34-23(16-5-2-8-29-12-16)32-20-7-3-9-31-24(20)34/h1-10,12-14,21H,11H2,(H,33,35)(H,36,37)/t21-/m0/s1. The fourth-order valence-electron chi connectivity index (χ4n) is 3.96. The molecule has 37 heavy (non-hydrogen) atoms. The molecule has 11 heteroatoms. The molecule has 9 nitrogen and oxygen atoms in total. The van der Waals surface area contributed by atoms with Crippen molar-refractivity contribution >= 4 is 46.2 Å². The summed E-state index contributed by atoms with van der Waals surface area (Å²) < 4.78 is 1.89. The van der Waals surface area contributed by atoms with Crippen LogP contribution in [0.1, 0.15) is 15.9 Å². The van der Waals surface area contributed by atoms with E-state index in [0.717, 1.165) is 11.3 Å². The fraction of sp³-hybridized carbons (Fsp3) is 0.0769. The van der Waals surface area contributed by atoms with Crippen molar-refractivity contribution in [2.45, 2.75) is 12.5 Å². The van der Waals surface area contributed by atoms with E-state index in [0.29, 0.717) is 22.6 Å². The van der Waals surface area contributed by atoms with E-state index in [1.165, 1.54) is 12.4 Å². The highest BCUT2D eigenvalue weighted by Crippen LogP contribution is 2.28. The first kappa shape index (κ1) is 24.4. The summed E-state index contributed by atoms with van der Waals surface area (Å²) in [5.74, 6) is -1.26. The molecule has 0 fully saturated rings. The van der Waals surface area contributed by atoms with Crippen molar-refractivity contribution in [2.75, 3.05) is 0 Å². The summed E-state index contributed by atoms with van der Waals surface area (Å²) in [6.45, 7) is 0. The Balaban J connectivity index is 1.49. The summed E-state index contributed by atoms with van der Waals surface area (Å²) >= 11 is 12.1. The van der Waals surface area contributed by atoms with Gasteiger partial charge in [-0.1, -0.05) is 35.3 Å². The maximum absolute atomic E-state index is 12.8. The molecule has 0 radical (unpaired) electrons. The zero-order valence-electron chi connectivity index (χ0n) is 19.0. The molecule has 5 aromatic rings. The number of rotatable bonds is 7. The smallest absolute Gasteiger partial charge is 0.326 e. The van der Waals surface area contributed by atoms with Crippen molar-refractivity contribution in [3.8, 4) is 17.1 Å². The Hall–Kier alpha value is -4.34. The maximum atomic E-state index is 12.8. The first-order chi connectivity index (χ1) is 17.9. The van der Waals surface area contributed by atoms with Gasteiger partial charge in [0, 0.05) is 48.7 Å². The summed E-state index contributed by atoms with van der Waals surface area (Å²) in [6, 6.07) is 13.5. The molecule has 0 unspecified atom stereocenters. The number of pyridine rings is 3. The van der Waals surface area contributed by atoms with Crippen molar-refractivity contribution in [1.29, 1.82) is 0 Å². The number of aliphatic carboxylic acids is 1. The first-order valence-electron chi connectivity index (χ1n) is 11.1. The van der Waals surface area contributed by atoms with Gasteiger partial charge in [0.25, 0.3) is 5.91 Å². The van der Waals surface area contributed by atoms with Gasteiger partial charge in [-0.05, 0) is 42.0 Å². The lowest BCUT2D eigenvalue weighted by molar-refractivity contribution is -0.139. The van der Waals surface area contributed by atoms with Crippen LogP contribution in [0.5, 0.6) is 0 Å².